The lowest BCUT2D eigenvalue weighted by atomic mass is 9.74. The molecule has 5 atom stereocenters. The van der Waals surface area contributed by atoms with Crippen LogP contribution < -0.4 is 10.6 Å². The highest BCUT2D eigenvalue weighted by atomic mass is 35.5. The van der Waals surface area contributed by atoms with Crippen molar-refractivity contribution in [2.75, 3.05) is 31.5 Å². The van der Waals surface area contributed by atoms with Crippen LogP contribution >= 0.6 is 11.6 Å². The van der Waals surface area contributed by atoms with Gasteiger partial charge in [0.25, 0.3) is 0 Å². The number of ether oxygens (including phenoxy) is 1. The van der Waals surface area contributed by atoms with Crippen LogP contribution in [0.1, 0.15) is 63.4 Å². The highest BCUT2D eigenvalue weighted by Gasteiger charge is 2.72. The Morgan fingerprint density at radius 2 is 1.75 bits per heavy atom. The molecule has 2 N–H and O–H groups in total. The third-order valence-electron chi connectivity index (χ3n) is 9.67. The van der Waals surface area contributed by atoms with Gasteiger partial charge in [-0.2, -0.15) is 0 Å². The zero-order valence-electron chi connectivity index (χ0n) is 23.4. The first-order valence-corrected chi connectivity index (χ1v) is 15.5. The fourth-order valence-corrected chi connectivity index (χ4v) is 7.72. The molecule has 4 heterocycles. The normalized spacial score (nSPS) is 32.2. The second-order valence-electron chi connectivity index (χ2n) is 12.3. The van der Waals surface area contributed by atoms with Gasteiger partial charge >= 0.3 is 0 Å². The average Bonchev–Trinajstić information content (AvgIpc) is 3.49. The lowest BCUT2D eigenvalue weighted by molar-refractivity contribution is -0.141. The number of hydrogen-bond acceptors (Lipinski definition) is 5. The van der Waals surface area contributed by atoms with E-state index in [4.69, 9.17) is 16.3 Å². The minimum atomic E-state index is -1.13. The van der Waals surface area contributed by atoms with Crippen molar-refractivity contribution < 1.29 is 19.1 Å². The summed E-state index contributed by atoms with van der Waals surface area (Å²) in [6, 6.07) is 4.72. The second kappa shape index (κ2) is 11.5. The number of amides is 3. The first-order valence-electron chi connectivity index (χ1n) is 15.1. The molecule has 1 saturated carbocycles. The molecule has 1 aliphatic carbocycles. The Morgan fingerprint density at radius 3 is 2.48 bits per heavy atom. The number of carbonyl (C=O) groups excluding carboxylic acids is 3. The van der Waals surface area contributed by atoms with Crippen molar-refractivity contribution in [3.63, 3.8) is 0 Å². The van der Waals surface area contributed by atoms with Crippen LogP contribution in [0.15, 0.2) is 30.4 Å². The number of likely N-dealkylation sites (tertiary alicyclic amines) is 2. The number of halogens is 1. The fraction of sp³-hybridized carbons (Fsp3) is 0.645. The molecule has 6 rings (SSSR count). The van der Waals surface area contributed by atoms with Crippen LogP contribution in [0.4, 0.5) is 5.69 Å². The van der Waals surface area contributed by atoms with E-state index in [2.05, 4.69) is 15.5 Å². The maximum atomic E-state index is 14.2. The van der Waals surface area contributed by atoms with Crippen LogP contribution in [0.25, 0.3) is 0 Å². The zero-order chi connectivity index (χ0) is 27.9. The lowest BCUT2D eigenvalue weighted by Crippen LogP contribution is -2.57. The summed E-state index contributed by atoms with van der Waals surface area (Å²) in [5.74, 6) is -2.06. The molecular weight excluding hydrogens is 528 g/mol. The molecule has 0 radical (unpaired) electrons. The molecule has 3 amide bonds. The van der Waals surface area contributed by atoms with Crippen molar-refractivity contribution in [1.29, 1.82) is 0 Å². The molecule has 9 heteroatoms. The summed E-state index contributed by atoms with van der Waals surface area (Å²) < 4.78 is 6.50. The van der Waals surface area contributed by atoms with Gasteiger partial charge in [0, 0.05) is 29.8 Å². The second-order valence-corrected chi connectivity index (χ2v) is 12.7. The van der Waals surface area contributed by atoms with E-state index in [0.717, 1.165) is 57.2 Å². The molecule has 4 aliphatic heterocycles. The first-order chi connectivity index (χ1) is 19.4. The number of benzene rings is 1. The minimum Gasteiger partial charge on any atom is -0.359 e. The monoisotopic (exact) mass is 568 g/mol. The molecule has 0 aromatic heterocycles. The van der Waals surface area contributed by atoms with E-state index in [1.54, 1.807) is 11.0 Å². The van der Waals surface area contributed by atoms with Gasteiger partial charge in [-0.15, -0.1) is 0 Å². The van der Waals surface area contributed by atoms with Crippen molar-refractivity contribution in [2.45, 2.75) is 88.5 Å². The van der Waals surface area contributed by atoms with Crippen molar-refractivity contribution in [3.05, 3.63) is 40.9 Å². The molecule has 1 aromatic rings. The van der Waals surface area contributed by atoms with Gasteiger partial charge in [-0.3, -0.25) is 14.4 Å². The number of anilines is 1. The lowest BCUT2D eigenvalue weighted by Gasteiger charge is -2.35. The smallest absolute Gasteiger partial charge is 0.246 e. The molecule has 1 spiro atoms. The summed E-state index contributed by atoms with van der Waals surface area (Å²) in [4.78, 5) is 46.0. The van der Waals surface area contributed by atoms with Crippen LogP contribution in [0, 0.1) is 18.8 Å². The molecule has 216 valence electrons. The molecule has 5 aliphatic rings. The van der Waals surface area contributed by atoms with E-state index in [-0.39, 0.29) is 23.8 Å². The number of fused-ring (bicyclic) bond motifs is 1. The molecule has 8 nitrogen and oxygen atoms in total. The van der Waals surface area contributed by atoms with Gasteiger partial charge in [-0.1, -0.05) is 61.9 Å². The highest BCUT2D eigenvalue weighted by molar-refractivity contribution is 6.31. The van der Waals surface area contributed by atoms with E-state index in [9.17, 15) is 14.4 Å². The SMILES string of the molecule is Cc1ccc(NC(=O)[C@H]2[C@@H]3C=C[C@]4(O3)[C@@H]2C(=O)N(CCN2CCCCCC2)[C@@H]4C(=O)NC2CCCCC2)cc1Cl. The van der Waals surface area contributed by atoms with Gasteiger partial charge in [-0.05, 0) is 63.4 Å². The van der Waals surface area contributed by atoms with Crippen LogP contribution in [0.3, 0.4) is 0 Å². The number of hydrogen-bond donors (Lipinski definition) is 2. The van der Waals surface area contributed by atoms with Crippen molar-refractivity contribution in [1.82, 2.24) is 15.1 Å². The van der Waals surface area contributed by atoms with Gasteiger partial charge in [0.1, 0.15) is 11.6 Å². The maximum Gasteiger partial charge on any atom is 0.246 e. The van der Waals surface area contributed by atoms with Crippen LogP contribution in [-0.2, 0) is 19.1 Å². The molecule has 1 aromatic carbocycles. The predicted octanol–water partition coefficient (Wildman–Crippen LogP) is 4.06. The Bertz CT molecular complexity index is 1180. The number of nitrogens with zero attached hydrogens (tertiary/aromatic N) is 2. The van der Waals surface area contributed by atoms with Gasteiger partial charge < -0.3 is 25.2 Å². The van der Waals surface area contributed by atoms with Gasteiger partial charge in [0.05, 0.1) is 17.9 Å². The third kappa shape index (κ3) is 5.07. The van der Waals surface area contributed by atoms with E-state index >= 15 is 0 Å². The number of carbonyl (C=O) groups is 3. The van der Waals surface area contributed by atoms with Gasteiger partial charge in [0.2, 0.25) is 17.7 Å². The van der Waals surface area contributed by atoms with Crippen LogP contribution in [-0.4, -0.2) is 77.5 Å². The fourth-order valence-electron chi connectivity index (χ4n) is 7.54. The standard InChI is InChI=1S/C31H41ClN4O4/c1-20-11-12-22(19-23(20)32)34-28(37)25-24-13-14-31(40-24)26(25)30(39)36(18-17-35-15-7-2-3-8-16-35)27(31)29(38)33-21-9-5-4-6-10-21/h11-14,19,21,24-27H,2-10,15-18H2,1H3,(H,33,38)(H,34,37)/t24-,25-,26-,27+,31-/m0/s1. The van der Waals surface area contributed by atoms with E-state index in [1.165, 1.54) is 19.3 Å². The zero-order valence-corrected chi connectivity index (χ0v) is 24.1. The molecule has 40 heavy (non-hydrogen) atoms. The van der Waals surface area contributed by atoms with E-state index < -0.39 is 29.6 Å². The maximum absolute atomic E-state index is 14.2. The van der Waals surface area contributed by atoms with Crippen LogP contribution in [0.2, 0.25) is 5.02 Å². The van der Waals surface area contributed by atoms with Crippen molar-refractivity contribution in [2.24, 2.45) is 11.8 Å². The Hall–Kier alpha value is -2.42. The van der Waals surface area contributed by atoms with Crippen molar-refractivity contribution in [3.8, 4) is 0 Å². The summed E-state index contributed by atoms with van der Waals surface area (Å²) in [7, 11) is 0. The summed E-state index contributed by atoms with van der Waals surface area (Å²) >= 11 is 6.30. The molecule has 2 bridgehead atoms. The van der Waals surface area contributed by atoms with Gasteiger partial charge in [-0.25, -0.2) is 0 Å². The summed E-state index contributed by atoms with van der Waals surface area (Å²) in [5.41, 5.74) is 0.366. The Kier molecular flexibility index (Phi) is 7.94. The Labute approximate surface area is 241 Å². The topological polar surface area (TPSA) is 91.0 Å². The number of rotatable bonds is 7. The average molecular weight is 569 g/mol. The summed E-state index contributed by atoms with van der Waals surface area (Å²) in [6.45, 7) is 5.09. The molecular formula is C31H41ClN4O4. The predicted molar refractivity (Wildman–Crippen MR) is 154 cm³/mol. The number of aryl methyl sites for hydroxylation is 1. The summed E-state index contributed by atoms with van der Waals surface area (Å²) in [5, 5.41) is 6.80. The Balaban J connectivity index is 1.26. The molecule has 4 fully saturated rings. The van der Waals surface area contributed by atoms with E-state index in [0.29, 0.717) is 23.8 Å². The Morgan fingerprint density at radius 1 is 1.02 bits per heavy atom. The highest BCUT2D eigenvalue weighted by Crippen LogP contribution is 2.55. The quantitative estimate of drug-likeness (QED) is 0.484. The van der Waals surface area contributed by atoms with E-state index in [1.807, 2.05) is 31.2 Å². The first kappa shape index (κ1) is 27.7. The van der Waals surface area contributed by atoms with Crippen molar-refractivity contribution >= 4 is 35.0 Å². The molecule has 3 saturated heterocycles. The molecule has 0 unspecified atom stereocenters. The number of nitrogens with one attached hydrogen (secondary N) is 2. The van der Waals surface area contributed by atoms with Crippen LogP contribution in [0.5, 0.6) is 0 Å². The third-order valence-corrected chi connectivity index (χ3v) is 10.1. The summed E-state index contributed by atoms with van der Waals surface area (Å²) in [6.07, 6.45) is 13.3. The minimum absolute atomic E-state index is 0.118. The largest absolute Gasteiger partial charge is 0.359 e. The van der Waals surface area contributed by atoms with Gasteiger partial charge in [0.15, 0.2) is 0 Å².